The van der Waals surface area contributed by atoms with Crippen LogP contribution in [0.1, 0.15) is 76.7 Å². The molecule has 8 nitrogen and oxygen atoms in total. The lowest BCUT2D eigenvalue weighted by Crippen LogP contribution is -2.61. The van der Waals surface area contributed by atoms with Gasteiger partial charge < -0.3 is 19.3 Å². The van der Waals surface area contributed by atoms with Crippen molar-refractivity contribution in [3.8, 4) is 0 Å². The summed E-state index contributed by atoms with van der Waals surface area (Å²) >= 11 is 0. The van der Waals surface area contributed by atoms with Crippen LogP contribution in [0.5, 0.6) is 0 Å². The van der Waals surface area contributed by atoms with Crippen LogP contribution in [0.25, 0.3) is 11.0 Å². The number of para-hydroxylation sites is 2. The SMILES string of the molecule is O=C(O)[C@@H]1CCCN1c1nc2ccccc2n([C@H]2C[C@H]3COC[C@@H](C2)N3[C@H]2C[C@@H]3CCC[C@@H](CC3)C2)c1=O. The Balaban J connectivity index is 1.24. The van der Waals surface area contributed by atoms with E-state index in [4.69, 9.17) is 9.72 Å². The third-order valence-electron chi connectivity index (χ3n) is 10.3. The van der Waals surface area contributed by atoms with Gasteiger partial charge in [0.05, 0.1) is 24.2 Å². The fraction of sp³-hybridized carbons (Fsp3) is 0.700. The summed E-state index contributed by atoms with van der Waals surface area (Å²) < 4.78 is 8.09. The maximum atomic E-state index is 14.1. The Morgan fingerprint density at radius 2 is 1.58 bits per heavy atom. The zero-order valence-corrected chi connectivity index (χ0v) is 22.2. The summed E-state index contributed by atoms with van der Waals surface area (Å²) in [5.41, 5.74) is 1.48. The second-order valence-electron chi connectivity index (χ2n) is 12.6. The first-order valence-corrected chi connectivity index (χ1v) is 14.9. The molecule has 0 radical (unpaired) electrons. The van der Waals surface area contributed by atoms with Gasteiger partial charge in [0.1, 0.15) is 6.04 Å². The smallest absolute Gasteiger partial charge is 0.326 e. The normalized spacial score (nSPS) is 35.8. The minimum absolute atomic E-state index is 0.0560. The average molecular weight is 521 g/mol. The third-order valence-corrected chi connectivity index (χ3v) is 10.3. The largest absolute Gasteiger partial charge is 0.480 e. The molecule has 2 aliphatic carbocycles. The third kappa shape index (κ3) is 4.24. The van der Waals surface area contributed by atoms with E-state index < -0.39 is 12.0 Å². The van der Waals surface area contributed by atoms with Crippen LogP contribution in [0.2, 0.25) is 0 Å². The predicted octanol–water partition coefficient (Wildman–Crippen LogP) is 4.21. The van der Waals surface area contributed by atoms with Crippen LogP contribution in [0, 0.1) is 11.8 Å². The molecule has 5 aliphatic rings. The minimum Gasteiger partial charge on any atom is -0.480 e. The van der Waals surface area contributed by atoms with Crippen molar-refractivity contribution in [1.29, 1.82) is 0 Å². The molecular formula is C30H40N4O4. The highest BCUT2D eigenvalue weighted by Crippen LogP contribution is 2.44. The van der Waals surface area contributed by atoms with Crippen LogP contribution in [0.15, 0.2) is 29.1 Å². The fourth-order valence-corrected chi connectivity index (χ4v) is 8.73. The van der Waals surface area contributed by atoms with Gasteiger partial charge in [-0.25, -0.2) is 9.78 Å². The predicted molar refractivity (Wildman–Crippen MR) is 146 cm³/mol. The molecule has 2 saturated carbocycles. The van der Waals surface area contributed by atoms with Gasteiger partial charge in [-0.05, 0) is 62.5 Å². The molecule has 0 unspecified atom stereocenters. The van der Waals surface area contributed by atoms with E-state index in [1.807, 2.05) is 28.8 Å². The Hall–Kier alpha value is -2.45. The van der Waals surface area contributed by atoms with Crippen molar-refractivity contribution in [1.82, 2.24) is 14.5 Å². The van der Waals surface area contributed by atoms with Gasteiger partial charge in [0.2, 0.25) is 0 Å². The summed E-state index contributed by atoms with van der Waals surface area (Å²) in [6.45, 7) is 2.02. The second kappa shape index (κ2) is 9.94. The van der Waals surface area contributed by atoms with Crippen LogP contribution >= 0.6 is 0 Å². The van der Waals surface area contributed by atoms with Gasteiger partial charge in [0.25, 0.3) is 5.56 Å². The maximum absolute atomic E-state index is 14.1. The van der Waals surface area contributed by atoms with E-state index in [0.29, 0.717) is 36.9 Å². The number of hydrogen-bond donors (Lipinski definition) is 1. The summed E-state index contributed by atoms with van der Waals surface area (Å²) in [5.74, 6) is 1.15. The van der Waals surface area contributed by atoms with Crippen molar-refractivity contribution in [2.75, 3.05) is 24.7 Å². The molecule has 8 heteroatoms. The second-order valence-corrected chi connectivity index (χ2v) is 12.6. The highest BCUT2D eigenvalue weighted by Gasteiger charge is 2.45. The summed E-state index contributed by atoms with van der Waals surface area (Å²) in [4.78, 5) is 35.4. The van der Waals surface area contributed by atoms with E-state index in [9.17, 15) is 14.7 Å². The van der Waals surface area contributed by atoms with Gasteiger partial charge in [0, 0.05) is 30.7 Å². The van der Waals surface area contributed by atoms with Gasteiger partial charge in [-0.2, -0.15) is 0 Å². The molecule has 204 valence electrons. The Kier molecular flexibility index (Phi) is 6.43. The van der Waals surface area contributed by atoms with E-state index in [2.05, 4.69) is 4.90 Å². The van der Waals surface area contributed by atoms with E-state index in [1.165, 1.54) is 44.9 Å². The van der Waals surface area contributed by atoms with E-state index in [-0.39, 0.29) is 11.6 Å². The molecular weight excluding hydrogens is 480 g/mol. The zero-order valence-electron chi connectivity index (χ0n) is 22.2. The van der Waals surface area contributed by atoms with Crippen molar-refractivity contribution in [2.24, 2.45) is 11.8 Å². The number of carbonyl (C=O) groups is 1. The molecule has 1 aromatic heterocycles. The lowest BCUT2D eigenvalue weighted by molar-refractivity contribution is -0.138. The molecule has 0 amide bonds. The standard InChI is InChI=1S/C30H40N4O4/c35-29-28(32-12-4-9-27(32)30(36)37)31-25-7-1-2-8-26(25)34(29)22-15-23-17-38-18-24(16-22)33(23)21-13-19-5-3-6-20(14-21)11-10-19/h1-2,7-8,19-24,27H,3-6,9-18H2,(H,36,37)/t19-,20+,21+,22-,23-,24+,27-/m0/s1. The lowest BCUT2D eigenvalue weighted by atomic mass is 9.82. The summed E-state index contributed by atoms with van der Waals surface area (Å²) in [6, 6.07) is 8.50. The van der Waals surface area contributed by atoms with Crippen molar-refractivity contribution in [2.45, 2.75) is 101 Å². The molecule has 7 atom stereocenters. The Morgan fingerprint density at radius 3 is 2.29 bits per heavy atom. The number of carboxylic acid groups (broad SMARTS) is 1. The molecule has 4 bridgehead atoms. The number of ether oxygens (including phenoxy) is 1. The number of aromatic nitrogens is 2. The van der Waals surface area contributed by atoms with Gasteiger partial charge >= 0.3 is 5.97 Å². The molecule has 4 heterocycles. The summed E-state index contributed by atoms with van der Waals surface area (Å²) in [5, 5.41) is 9.81. The topological polar surface area (TPSA) is 87.9 Å². The van der Waals surface area contributed by atoms with Gasteiger partial charge in [-0.3, -0.25) is 9.69 Å². The Bertz CT molecular complexity index is 1230. The molecule has 7 rings (SSSR count). The first-order valence-electron chi connectivity index (χ1n) is 14.9. The Morgan fingerprint density at radius 1 is 0.868 bits per heavy atom. The molecule has 1 aromatic carbocycles. The van der Waals surface area contributed by atoms with E-state index in [1.54, 1.807) is 4.90 Å². The molecule has 1 N–H and O–H groups in total. The van der Waals surface area contributed by atoms with Gasteiger partial charge in [-0.1, -0.05) is 44.2 Å². The maximum Gasteiger partial charge on any atom is 0.326 e. The van der Waals surface area contributed by atoms with Crippen molar-refractivity contribution >= 4 is 22.8 Å². The van der Waals surface area contributed by atoms with Crippen LogP contribution in [0.3, 0.4) is 0 Å². The van der Waals surface area contributed by atoms with Crippen molar-refractivity contribution < 1.29 is 14.6 Å². The molecule has 3 aliphatic heterocycles. The number of aliphatic carboxylic acids is 1. The number of benzene rings is 1. The summed E-state index contributed by atoms with van der Waals surface area (Å²) in [7, 11) is 0. The van der Waals surface area contributed by atoms with E-state index in [0.717, 1.165) is 55.3 Å². The summed E-state index contributed by atoms with van der Waals surface area (Å²) in [6.07, 6.45) is 12.7. The van der Waals surface area contributed by atoms with Crippen LogP contribution < -0.4 is 10.5 Å². The van der Waals surface area contributed by atoms with Crippen molar-refractivity contribution in [3.05, 3.63) is 34.6 Å². The van der Waals surface area contributed by atoms with Crippen molar-refractivity contribution in [3.63, 3.8) is 0 Å². The monoisotopic (exact) mass is 520 g/mol. The minimum atomic E-state index is -0.878. The molecule has 2 aromatic rings. The zero-order chi connectivity index (χ0) is 25.8. The number of piperidine rings is 1. The van der Waals surface area contributed by atoms with Crippen LogP contribution in [-0.4, -0.2) is 69.5 Å². The average Bonchev–Trinajstić information content (AvgIpc) is 3.16. The molecule has 3 saturated heterocycles. The fourth-order valence-electron chi connectivity index (χ4n) is 8.73. The van der Waals surface area contributed by atoms with Gasteiger partial charge in [0.15, 0.2) is 5.82 Å². The Labute approximate surface area is 224 Å². The van der Waals surface area contributed by atoms with E-state index >= 15 is 0 Å². The number of hydrogen-bond acceptors (Lipinski definition) is 6. The lowest BCUT2D eigenvalue weighted by Gasteiger charge is -2.53. The first kappa shape index (κ1) is 24.6. The van der Waals surface area contributed by atoms with Crippen LogP contribution in [-0.2, 0) is 9.53 Å². The number of rotatable bonds is 4. The van der Waals surface area contributed by atoms with Gasteiger partial charge in [-0.15, -0.1) is 0 Å². The molecule has 38 heavy (non-hydrogen) atoms. The number of nitrogens with zero attached hydrogens (tertiary/aromatic N) is 4. The molecule has 0 spiro atoms. The van der Waals surface area contributed by atoms with Crippen LogP contribution in [0.4, 0.5) is 5.82 Å². The molecule has 5 fully saturated rings. The highest BCUT2D eigenvalue weighted by atomic mass is 16.5. The number of anilines is 1. The number of morpholine rings is 1. The highest BCUT2D eigenvalue weighted by molar-refractivity contribution is 5.80. The quantitative estimate of drug-likeness (QED) is 0.646. The number of fused-ring (bicyclic) bond motifs is 6. The number of carboxylic acids is 1. The first-order chi connectivity index (χ1) is 18.6.